The first-order chi connectivity index (χ1) is 8.29. The molecule has 2 fully saturated rings. The van der Waals surface area contributed by atoms with E-state index in [4.69, 9.17) is 5.11 Å². The number of aliphatic hydroxyl groups is 1. The molecule has 2 aliphatic rings. The monoisotopic (exact) mass is 236 g/mol. The summed E-state index contributed by atoms with van der Waals surface area (Å²) in [6.07, 6.45) is 4.30. The zero-order valence-corrected chi connectivity index (χ0v) is 9.59. The van der Waals surface area contributed by atoms with E-state index in [0.29, 0.717) is 12.5 Å². The maximum absolute atomic E-state index is 12.1. The SMILES string of the molecule is O=C(c1n[nH]c(C2CC2)n1)N(CCO)C1CC1. The van der Waals surface area contributed by atoms with E-state index in [1.54, 1.807) is 4.90 Å². The third-order valence-corrected chi connectivity index (χ3v) is 3.25. The second-order valence-electron chi connectivity index (χ2n) is 4.77. The third-order valence-electron chi connectivity index (χ3n) is 3.25. The van der Waals surface area contributed by atoms with Gasteiger partial charge in [-0.05, 0) is 25.7 Å². The number of hydrogen-bond donors (Lipinski definition) is 2. The van der Waals surface area contributed by atoms with Gasteiger partial charge in [-0.25, -0.2) is 4.98 Å². The average molecular weight is 236 g/mol. The first-order valence-corrected chi connectivity index (χ1v) is 6.13. The van der Waals surface area contributed by atoms with E-state index in [9.17, 15) is 4.79 Å². The summed E-state index contributed by atoms with van der Waals surface area (Å²) < 4.78 is 0. The summed E-state index contributed by atoms with van der Waals surface area (Å²) in [5.41, 5.74) is 0. The number of aromatic amines is 1. The quantitative estimate of drug-likeness (QED) is 0.769. The Bertz CT molecular complexity index is 423. The van der Waals surface area contributed by atoms with E-state index in [-0.39, 0.29) is 24.4 Å². The van der Waals surface area contributed by atoms with Crippen molar-refractivity contribution in [3.63, 3.8) is 0 Å². The number of carbonyl (C=O) groups excluding carboxylic acids is 1. The van der Waals surface area contributed by atoms with Crippen molar-refractivity contribution in [1.82, 2.24) is 20.1 Å². The van der Waals surface area contributed by atoms with Crippen molar-refractivity contribution in [1.29, 1.82) is 0 Å². The molecular weight excluding hydrogens is 220 g/mol. The number of nitrogens with one attached hydrogen (secondary N) is 1. The zero-order valence-electron chi connectivity index (χ0n) is 9.59. The molecule has 0 aromatic carbocycles. The number of aliphatic hydroxyl groups excluding tert-OH is 1. The van der Waals surface area contributed by atoms with Crippen LogP contribution in [0.1, 0.15) is 48.0 Å². The van der Waals surface area contributed by atoms with Gasteiger partial charge < -0.3 is 10.0 Å². The van der Waals surface area contributed by atoms with Gasteiger partial charge in [0.1, 0.15) is 5.82 Å². The highest BCUT2D eigenvalue weighted by Gasteiger charge is 2.35. The van der Waals surface area contributed by atoms with Gasteiger partial charge in [-0.1, -0.05) is 0 Å². The van der Waals surface area contributed by atoms with Gasteiger partial charge in [0.05, 0.1) is 6.61 Å². The van der Waals surface area contributed by atoms with Crippen molar-refractivity contribution in [2.75, 3.05) is 13.2 Å². The first-order valence-electron chi connectivity index (χ1n) is 6.13. The minimum Gasteiger partial charge on any atom is -0.395 e. The Morgan fingerprint density at radius 3 is 2.76 bits per heavy atom. The Morgan fingerprint density at radius 2 is 2.18 bits per heavy atom. The largest absolute Gasteiger partial charge is 0.395 e. The molecule has 3 rings (SSSR count). The Hall–Kier alpha value is -1.43. The molecule has 2 N–H and O–H groups in total. The van der Waals surface area contributed by atoms with Crippen LogP contribution in [-0.2, 0) is 0 Å². The van der Waals surface area contributed by atoms with E-state index < -0.39 is 0 Å². The maximum atomic E-state index is 12.1. The van der Waals surface area contributed by atoms with Crippen LogP contribution in [0.2, 0.25) is 0 Å². The molecule has 1 aromatic rings. The summed E-state index contributed by atoms with van der Waals surface area (Å²) in [5.74, 6) is 1.38. The van der Waals surface area contributed by atoms with E-state index in [1.807, 2.05) is 0 Å². The summed E-state index contributed by atoms with van der Waals surface area (Å²) in [7, 11) is 0. The molecular formula is C11H16N4O2. The Kier molecular flexibility index (Phi) is 2.58. The van der Waals surface area contributed by atoms with Crippen molar-refractivity contribution in [2.24, 2.45) is 0 Å². The fourth-order valence-electron chi connectivity index (χ4n) is 1.98. The maximum Gasteiger partial charge on any atom is 0.293 e. The van der Waals surface area contributed by atoms with E-state index >= 15 is 0 Å². The summed E-state index contributed by atoms with van der Waals surface area (Å²) >= 11 is 0. The molecule has 92 valence electrons. The number of rotatable bonds is 5. The van der Waals surface area contributed by atoms with Crippen molar-refractivity contribution in [2.45, 2.75) is 37.6 Å². The Morgan fingerprint density at radius 1 is 1.41 bits per heavy atom. The average Bonchev–Trinajstić information content (AvgIpc) is 3.25. The number of aromatic nitrogens is 3. The van der Waals surface area contributed by atoms with Gasteiger partial charge in [0.15, 0.2) is 0 Å². The topological polar surface area (TPSA) is 82.1 Å². The number of carbonyl (C=O) groups is 1. The highest BCUT2D eigenvalue weighted by atomic mass is 16.3. The van der Waals surface area contributed by atoms with Crippen LogP contribution in [0.15, 0.2) is 0 Å². The van der Waals surface area contributed by atoms with Crippen molar-refractivity contribution < 1.29 is 9.90 Å². The fourth-order valence-corrected chi connectivity index (χ4v) is 1.98. The van der Waals surface area contributed by atoms with Crippen LogP contribution < -0.4 is 0 Å². The molecule has 2 aliphatic carbocycles. The molecule has 0 radical (unpaired) electrons. The van der Waals surface area contributed by atoms with Crippen molar-refractivity contribution in [3.8, 4) is 0 Å². The van der Waals surface area contributed by atoms with Gasteiger partial charge in [-0.3, -0.25) is 9.89 Å². The molecule has 0 unspecified atom stereocenters. The zero-order chi connectivity index (χ0) is 11.8. The lowest BCUT2D eigenvalue weighted by molar-refractivity contribution is 0.0695. The minimum atomic E-state index is -0.162. The summed E-state index contributed by atoms with van der Waals surface area (Å²) in [6.45, 7) is 0.360. The molecule has 1 heterocycles. The first kappa shape index (κ1) is 10.7. The fraction of sp³-hybridized carbons (Fsp3) is 0.727. The molecule has 0 saturated heterocycles. The molecule has 17 heavy (non-hydrogen) atoms. The Labute approximate surface area is 99.0 Å². The van der Waals surface area contributed by atoms with Crippen LogP contribution in [-0.4, -0.2) is 50.3 Å². The lowest BCUT2D eigenvalue weighted by atomic mass is 10.4. The predicted molar refractivity (Wildman–Crippen MR) is 59.5 cm³/mol. The minimum absolute atomic E-state index is 0.0118. The van der Waals surface area contributed by atoms with E-state index in [2.05, 4.69) is 15.2 Å². The lowest BCUT2D eigenvalue weighted by Gasteiger charge is -2.19. The normalized spacial score (nSPS) is 19.4. The highest BCUT2D eigenvalue weighted by Crippen LogP contribution is 2.37. The molecule has 6 heteroatoms. The third kappa shape index (κ3) is 2.17. The van der Waals surface area contributed by atoms with Gasteiger partial charge >= 0.3 is 0 Å². The van der Waals surface area contributed by atoms with Crippen LogP contribution in [0.4, 0.5) is 0 Å². The van der Waals surface area contributed by atoms with Crippen LogP contribution in [0, 0.1) is 0 Å². The molecule has 0 atom stereocenters. The van der Waals surface area contributed by atoms with Crippen LogP contribution >= 0.6 is 0 Å². The number of hydrogen-bond acceptors (Lipinski definition) is 4. The summed E-state index contributed by atoms with van der Waals surface area (Å²) in [6, 6.07) is 0.275. The van der Waals surface area contributed by atoms with Crippen LogP contribution in [0.25, 0.3) is 0 Å². The van der Waals surface area contributed by atoms with Gasteiger partial charge in [0.2, 0.25) is 5.82 Å². The number of amides is 1. The predicted octanol–water partition coefficient (Wildman–Crippen LogP) is 0.279. The second-order valence-corrected chi connectivity index (χ2v) is 4.77. The number of H-pyrrole nitrogens is 1. The molecule has 1 aromatic heterocycles. The van der Waals surface area contributed by atoms with Gasteiger partial charge in [0.25, 0.3) is 5.91 Å². The molecule has 1 amide bonds. The molecule has 0 aliphatic heterocycles. The van der Waals surface area contributed by atoms with Crippen molar-refractivity contribution >= 4 is 5.91 Å². The molecule has 0 bridgehead atoms. The van der Waals surface area contributed by atoms with Gasteiger partial charge in [0, 0.05) is 18.5 Å². The van der Waals surface area contributed by atoms with E-state index in [1.165, 1.54) is 0 Å². The van der Waals surface area contributed by atoms with Gasteiger partial charge in [-0.15, -0.1) is 5.10 Å². The lowest BCUT2D eigenvalue weighted by Crippen LogP contribution is -2.36. The molecule has 6 nitrogen and oxygen atoms in total. The summed E-state index contributed by atoms with van der Waals surface area (Å²) in [5, 5.41) is 15.8. The smallest absolute Gasteiger partial charge is 0.293 e. The molecule has 2 saturated carbocycles. The van der Waals surface area contributed by atoms with E-state index in [0.717, 1.165) is 31.5 Å². The standard InChI is InChI=1S/C11H16N4O2/c16-6-5-15(8-3-4-8)11(17)10-12-9(13-14-10)7-1-2-7/h7-8,16H,1-6H2,(H,12,13,14). The van der Waals surface area contributed by atoms with Gasteiger partial charge in [-0.2, -0.15) is 0 Å². The second kappa shape index (κ2) is 4.10. The Balaban J connectivity index is 1.73. The van der Waals surface area contributed by atoms with Crippen molar-refractivity contribution in [3.05, 3.63) is 11.6 Å². The molecule has 0 spiro atoms. The van der Waals surface area contributed by atoms with Crippen LogP contribution in [0.5, 0.6) is 0 Å². The highest BCUT2D eigenvalue weighted by molar-refractivity contribution is 5.90. The summed E-state index contributed by atoms with van der Waals surface area (Å²) in [4.78, 5) is 18.1. The number of nitrogens with zero attached hydrogens (tertiary/aromatic N) is 3. The van der Waals surface area contributed by atoms with Crippen LogP contribution in [0.3, 0.4) is 0 Å².